The first-order valence-electron chi connectivity index (χ1n) is 13.3. The standard InChI is InChI=1S/C29H43N5O4/c1-20(2)34(21(3)4)17-18-38-27-19-24(11-12-26(27)37-7)31-29(36)33-15-13-32(14-16-33)25-10-8-9-22(5)28(25)30-23(6)35/h8-12,19-21H,13-18H2,1-7H3,(H,30,35)(H,31,36). The molecule has 2 aromatic carbocycles. The number of hydrogen-bond acceptors (Lipinski definition) is 6. The van der Waals surface area contributed by atoms with E-state index in [4.69, 9.17) is 9.47 Å². The maximum Gasteiger partial charge on any atom is 0.321 e. The molecule has 2 N–H and O–H groups in total. The summed E-state index contributed by atoms with van der Waals surface area (Å²) in [5, 5.41) is 5.96. The molecule has 1 aliphatic heterocycles. The third kappa shape index (κ3) is 7.54. The fourth-order valence-corrected chi connectivity index (χ4v) is 4.85. The van der Waals surface area contributed by atoms with E-state index in [9.17, 15) is 9.59 Å². The van der Waals surface area contributed by atoms with Crippen LogP contribution in [-0.4, -0.2) is 80.3 Å². The molecule has 0 atom stereocenters. The van der Waals surface area contributed by atoms with Gasteiger partial charge in [0.25, 0.3) is 0 Å². The van der Waals surface area contributed by atoms with Crippen molar-refractivity contribution >= 4 is 29.0 Å². The van der Waals surface area contributed by atoms with Crippen LogP contribution in [0.25, 0.3) is 0 Å². The van der Waals surface area contributed by atoms with Gasteiger partial charge in [0, 0.05) is 63.5 Å². The van der Waals surface area contributed by atoms with Gasteiger partial charge in [0.1, 0.15) is 6.61 Å². The number of piperazine rings is 1. The van der Waals surface area contributed by atoms with Crippen molar-refractivity contribution in [2.45, 2.75) is 53.6 Å². The van der Waals surface area contributed by atoms with E-state index in [2.05, 4.69) is 48.1 Å². The molecule has 3 rings (SSSR count). The minimum atomic E-state index is -0.155. The van der Waals surface area contributed by atoms with Crippen molar-refractivity contribution in [1.82, 2.24) is 9.80 Å². The maximum atomic E-state index is 13.1. The normalized spacial score (nSPS) is 13.7. The lowest BCUT2D eigenvalue weighted by molar-refractivity contribution is -0.114. The van der Waals surface area contributed by atoms with Crippen LogP contribution in [0, 0.1) is 6.92 Å². The zero-order valence-corrected chi connectivity index (χ0v) is 23.8. The van der Waals surface area contributed by atoms with E-state index >= 15 is 0 Å². The Balaban J connectivity index is 1.60. The van der Waals surface area contributed by atoms with Gasteiger partial charge in [-0.3, -0.25) is 9.69 Å². The molecule has 1 aliphatic rings. The maximum absolute atomic E-state index is 13.1. The highest BCUT2D eigenvalue weighted by Crippen LogP contribution is 2.32. The lowest BCUT2D eigenvalue weighted by atomic mass is 10.1. The zero-order valence-electron chi connectivity index (χ0n) is 23.8. The molecule has 0 spiro atoms. The molecule has 0 saturated carbocycles. The first-order valence-corrected chi connectivity index (χ1v) is 13.3. The van der Waals surface area contributed by atoms with E-state index < -0.39 is 0 Å². The number of para-hydroxylation sites is 1. The average molecular weight is 526 g/mol. The Kier molecular flexibility index (Phi) is 10.2. The largest absolute Gasteiger partial charge is 0.493 e. The second kappa shape index (κ2) is 13.4. The summed E-state index contributed by atoms with van der Waals surface area (Å²) in [6, 6.07) is 12.1. The summed E-state index contributed by atoms with van der Waals surface area (Å²) in [6.07, 6.45) is 0. The van der Waals surface area contributed by atoms with Crippen LogP contribution in [0.2, 0.25) is 0 Å². The number of benzene rings is 2. The van der Waals surface area contributed by atoms with Gasteiger partial charge in [-0.25, -0.2) is 4.79 Å². The van der Waals surface area contributed by atoms with E-state index in [0.29, 0.717) is 62.1 Å². The molecule has 0 radical (unpaired) electrons. The van der Waals surface area contributed by atoms with Gasteiger partial charge in [0.05, 0.1) is 18.5 Å². The highest BCUT2D eigenvalue weighted by Gasteiger charge is 2.24. The molecule has 1 heterocycles. The second-order valence-corrected chi connectivity index (χ2v) is 10.2. The Morgan fingerprint density at radius 1 is 0.974 bits per heavy atom. The van der Waals surface area contributed by atoms with Gasteiger partial charge >= 0.3 is 6.03 Å². The third-order valence-electron chi connectivity index (χ3n) is 6.81. The number of urea groups is 1. The molecule has 0 aromatic heterocycles. The number of anilines is 3. The first-order chi connectivity index (χ1) is 18.1. The summed E-state index contributed by atoms with van der Waals surface area (Å²) in [5.74, 6) is 1.14. The van der Waals surface area contributed by atoms with Crippen LogP contribution in [0.3, 0.4) is 0 Å². The monoisotopic (exact) mass is 525 g/mol. The number of amides is 3. The minimum absolute atomic E-state index is 0.0985. The molecule has 9 nitrogen and oxygen atoms in total. The van der Waals surface area contributed by atoms with Crippen molar-refractivity contribution in [1.29, 1.82) is 0 Å². The lowest BCUT2D eigenvalue weighted by Gasteiger charge is -2.37. The summed E-state index contributed by atoms with van der Waals surface area (Å²) < 4.78 is 11.5. The molecular weight excluding hydrogens is 482 g/mol. The number of hydrogen-bond donors (Lipinski definition) is 2. The number of aryl methyl sites for hydroxylation is 1. The minimum Gasteiger partial charge on any atom is -0.493 e. The summed E-state index contributed by atoms with van der Waals surface area (Å²) in [4.78, 5) is 31.1. The molecule has 1 saturated heterocycles. The fraction of sp³-hybridized carbons (Fsp3) is 0.517. The number of rotatable bonds is 10. The summed E-state index contributed by atoms with van der Waals surface area (Å²) in [7, 11) is 1.61. The predicted molar refractivity (Wildman–Crippen MR) is 154 cm³/mol. The number of carbonyl (C=O) groups is 2. The Labute approximate surface area is 227 Å². The lowest BCUT2D eigenvalue weighted by Crippen LogP contribution is -2.50. The van der Waals surface area contributed by atoms with Gasteiger partial charge in [0.15, 0.2) is 11.5 Å². The van der Waals surface area contributed by atoms with Gasteiger partial charge in [0.2, 0.25) is 5.91 Å². The number of nitrogens with zero attached hydrogens (tertiary/aromatic N) is 3. The smallest absolute Gasteiger partial charge is 0.321 e. The van der Waals surface area contributed by atoms with Crippen molar-refractivity contribution < 1.29 is 19.1 Å². The van der Waals surface area contributed by atoms with E-state index in [-0.39, 0.29) is 11.9 Å². The topological polar surface area (TPSA) is 86.4 Å². The van der Waals surface area contributed by atoms with Crippen molar-refractivity contribution in [3.8, 4) is 11.5 Å². The van der Waals surface area contributed by atoms with Crippen LogP contribution in [0.5, 0.6) is 11.5 Å². The van der Waals surface area contributed by atoms with Crippen molar-refractivity contribution in [2.24, 2.45) is 0 Å². The SMILES string of the molecule is COc1ccc(NC(=O)N2CCN(c3cccc(C)c3NC(C)=O)CC2)cc1OCCN(C(C)C)C(C)C. The van der Waals surface area contributed by atoms with E-state index in [0.717, 1.165) is 23.5 Å². The third-order valence-corrected chi connectivity index (χ3v) is 6.81. The molecule has 0 bridgehead atoms. The van der Waals surface area contributed by atoms with Crippen LogP contribution in [0.4, 0.5) is 21.9 Å². The zero-order chi connectivity index (χ0) is 27.8. The summed E-state index contributed by atoms with van der Waals surface area (Å²) in [6.45, 7) is 16.0. The van der Waals surface area contributed by atoms with Crippen molar-refractivity contribution in [3.05, 3.63) is 42.0 Å². The number of carbonyl (C=O) groups excluding carboxylic acids is 2. The quantitative estimate of drug-likeness (QED) is 0.463. The summed E-state index contributed by atoms with van der Waals surface area (Å²) in [5.41, 5.74) is 3.47. The van der Waals surface area contributed by atoms with Crippen LogP contribution in [0.15, 0.2) is 36.4 Å². The molecule has 2 aromatic rings. The molecule has 208 valence electrons. The molecular formula is C29H43N5O4. The first kappa shape index (κ1) is 29.1. The molecule has 1 fully saturated rings. The van der Waals surface area contributed by atoms with Crippen LogP contribution in [-0.2, 0) is 4.79 Å². The highest BCUT2D eigenvalue weighted by atomic mass is 16.5. The molecule has 38 heavy (non-hydrogen) atoms. The van der Waals surface area contributed by atoms with Gasteiger partial charge in [-0.05, 0) is 58.4 Å². The predicted octanol–water partition coefficient (Wildman–Crippen LogP) is 4.81. The van der Waals surface area contributed by atoms with Crippen LogP contribution < -0.4 is 25.0 Å². The molecule has 9 heteroatoms. The number of ether oxygens (including phenoxy) is 2. The van der Waals surface area contributed by atoms with Gasteiger partial charge in [-0.2, -0.15) is 0 Å². The second-order valence-electron chi connectivity index (χ2n) is 10.2. The molecule has 0 aliphatic carbocycles. The van der Waals surface area contributed by atoms with E-state index in [1.807, 2.05) is 43.3 Å². The van der Waals surface area contributed by atoms with Crippen LogP contribution in [0.1, 0.15) is 40.2 Å². The Morgan fingerprint density at radius 2 is 1.66 bits per heavy atom. The number of nitrogens with one attached hydrogen (secondary N) is 2. The van der Waals surface area contributed by atoms with Crippen molar-refractivity contribution in [2.75, 3.05) is 62.0 Å². The number of methoxy groups -OCH3 is 1. The Hall–Kier alpha value is -3.46. The van der Waals surface area contributed by atoms with Crippen molar-refractivity contribution in [3.63, 3.8) is 0 Å². The van der Waals surface area contributed by atoms with Gasteiger partial charge in [-0.1, -0.05) is 12.1 Å². The summed E-state index contributed by atoms with van der Waals surface area (Å²) >= 11 is 0. The molecule has 0 unspecified atom stereocenters. The highest BCUT2D eigenvalue weighted by molar-refractivity contribution is 5.94. The molecule has 3 amide bonds. The van der Waals surface area contributed by atoms with Crippen LogP contribution >= 0.6 is 0 Å². The fourth-order valence-electron chi connectivity index (χ4n) is 4.85. The van der Waals surface area contributed by atoms with E-state index in [1.165, 1.54) is 6.92 Å². The Bertz CT molecular complexity index is 1090. The Morgan fingerprint density at radius 3 is 2.26 bits per heavy atom. The van der Waals surface area contributed by atoms with E-state index in [1.54, 1.807) is 12.0 Å². The van der Waals surface area contributed by atoms with Gasteiger partial charge in [-0.15, -0.1) is 0 Å². The van der Waals surface area contributed by atoms with Gasteiger partial charge < -0.3 is 29.9 Å². The average Bonchev–Trinajstić information content (AvgIpc) is 2.87.